The first kappa shape index (κ1) is 18.8. The van der Waals surface area contributed by atoms with Gasteiger partial charge in [0.2, 0.25) is 11.8 Å². The Kier molecular flexibility index (Phi) is 3.80. The van der Waals surface area contributed by atoms with Crippen LogP contribution in [0, 0.1) is 35.4 Å². The third kappa shape index (κ3) is 2.16. The molecule has 1 aromatic heterocycles. The fourth-order valence-electron chi connectivity index (χ4n) is 6.74. The van der Waals surface area contributed by atoms with Gasteiger partial charge < -0.3 is 4.98 Å². The summed E-state index contributed by atoms with van der Waals surface area (Å²) < 4.78 is 13.4. The minimum atomic E-state index is -0.389. The lowest BCUT2D eigenvalue weighted by Crippen LogP contribution is -2.49. The van der Waals surface area contributed by atoms with Crippen LogP contribution in [0.2, 0.25) is 0 Å². The van der Waals surface area contributed by atoms with Gasteiger partial charge in [0.05, 0.1) is 22.5 Å². The number of hydrogen-bond donors (Lipinski definition) is 1. The Morgan fingerprint density at radius 3 is 2.47 bits per heavy atom. The number of halogens is 1. The molecule has 2 aliphatic carbocycles. The van der Waals surface area contributed by atoms with Gasteiger partial charge in [-0.3, -0.25) is 19.3 Å². The van der Waals surface area contributed by atoms with E-state index in [1.165, 1.54) is 40.5 Å². The first-order chi connectivity index (χ1) is 14.3. The highest BCUT2D eigenvalue weighted by molar-refractivity contribution is 8.00. The minimum Gasteiger partial charge on any atom is -0.307 e. The Labute approximate surface area is 181 Å². The van der Waals surface area contributed by atoms with Gasteiger partial charge in [-0.1, -0.05) is 25.2 Å². The van der Waals surface area contributed by atoms with Crippen LogP contribution < -0.4 is 9.77 Å². The van der Waals surface area contributed by atoms with Crippen LogP contribution in [0.4, 0.5) is 10.1 Å². The smallest absolute Gasteiger partial charge is 0.305 e. The number of amides is 2. The number of H-pyrrole nitrogens is 1. The van der Waals surface area contributed by atoms with Gasteiger partial charge in [-0.15, -0.1) is 11.8 Å². The quantitative estimate of drug-likeness (QED) is 0.716. The van der Waals surface area contributed by atoms with Crippen molar-refractivity contribution in [3.63, 3.8) is 0 Å². The van der Waals surface area contributed by atoms with Gasteiger partial charge in [-0.2, -0.15) is 0 Å². The number of thioether (sulfide) groups is 1. The Bertz CT molecular complexity index is 1140. The molecule has 2 aromatic rings. The lowest BCUT2D eigenvalue weighted by atomic mass is 9.62. The van der Waals surface area contributed by atoms with Crippen LogP contribution in [-0.2, 0) is 15.0 Å². The van der Waals surface area contributed by atoms with Crippen molar-refractivity contribution < 1.29 is 14.0 Å². The number of aromatic nitrogens is 1. The van der Waals surface area contributed by atoms with Crippen molar-refractivity contribution in [2.45, 2.75) is 42.4 Å². The number of nitrogens with zero attached hydrogens (tertiary/aromatic N) is 1. The van der Waals surface area contributed by atoms with Crippen LogP contribution >= 0.6 is 23.1 Å². The van der Waals surface area contributed by atoms with Gasteiger partial charge in [0.15, 0.2) is 0 Å². The van der Waals surface area contributed by atoms with Crippen molar-refractivity contribution in [2.75, 3.05) is 4.90 Å². The predicted octanol–water partition coefficient (Wildman–Crippen LogP) is 3.79. The van der Waals surface area contributed by atoms with E-state index in [2.05, 4.69) is 18.8 Å². The molecule has 0 unspecified atom stereocenters. The molecule has 3 fully saturated rings. The third-order valence-electron chi connectivity index (χ3n) is 8.05. The summed E-state index contributed by atoms with van der Waals surface area (Å²) in [6.07, 6.45) is 1.78. The molecule has 1 aromatic carbocycles. The molecule has 2 bridgehead atoms. The SMILES string of the molecule is CC[C@]1(C)c2sc(=O)[nH]c2S[C@H]2[C@H]3C[C@@H]([C@@H]4C(=O)N(c5ccc(F)cc5)C(=O)[C@@H]34)[C@@H]21. The van der Waals surface area contributed by atoms with Gasteiger partial charge in [-0.25, -0.2) is 4.39 Å². The number of carbonyl (C=O) groups excluding carboxylic acids is 2. The van der Waals surface area contributed by atoms with Crippen molar-refractivity contribution in [2.24, 2.45) is 29.6 Å². The van der Waals surface area contributed by atoms with Crippen LogP contribution in [0.3, 0.4) is 0 Å². The topological polar surface area (TPSA) is 70.2 Å². The molecule has 6 rings (SSSR count). The predicted molar refractivity (Wildman–Crippen MR) is 113 cm³/mol. The highest BCUT2D eigenvalue weighted by atomic mass is 32.2. The molecule has 30 heavy (non-hydrogen) atoms. The van der Waals surface area contributed by atoms with Crippen LogP contribution in [0.15, 0.2) is 34.1 Å². The van der Waals surface area contributed by atoms with Gasteiger partial charge in [0, 0.05) is 15.5 Å². The molecule has 2 saturated carbocycles. The van der Waals surface area contributed by atoms with Gasteiger partial charge in [0.25, 0.3) is 0 Å². The van der Waals surface area contributed by atoms with Gasteiger partial charge in [0.1, 0.15) is 5.82 Å². The number of fused-ring (bicyclic) bond motifs is 9. The number of carbonyl (C=O) groups is 2. The highest BCUT2D eigenvalue weighted by Gasteiger charge is 2.71. The summed E-state index contributed by atoms with van der Waals surface area (Å²) in [7, 11) is 0. The van der Waals surface area contributed by atoms with Crippen molar-refractivity contribution in [3.8, 4) is 0 Å². The summed E-state index contributed by atoms with van der Waals surface area (Å²) in [5.74, 6) is -0.770. The summed E-state index contributed by atoms with van der Waals surface area (Å²) >= 11 is 3.00. The van der Waals surface area contributed by atoms with Crippen molar-refractivity contribution in [3.05, 3.63) is 44.6 Å². The zero-order valence-corrected chi connectivity index (χ0v) is 18.2. The number of aromatic amines is 1. The van der Waals surface area contributed by atoms with E-state index in [9.17, 15) is 18.8 Å². The maximum atomic E-state index is 13.4. The molecule has 7 atom stereocenters. The first-order valence-corrected chi connectivity index (χ1v) is 12.1. The van der Waals surface area contributed by atoms with Crippen molar-refractivity contribution in [1.29, 1.82) is 0 Å². The Morgan fingerprint density at radius 1 is 1.13 bits per heavy atom. The molecule has 8 heteroatoms. The van der Waals surface area contributed by atoms with E-state index in [4.69, 9.17) is 0 Å². The lowest BCUT2D eigenvalue weighted by Gasteiger charge is -2.48. The maximum absolute atomic E-state index is 13.4. The number of nitrogens with one attached hydrogen (secondary N) is 1. The summed E-state index contributed by atoms with van der Waals surface area (Å²) in [4.78, 5) is 44.3. The molecule has 0 spiro atoms. The first-order valence-electron chi connectivity index (χ1n) is 10.4. The largest absolute Gasteiger partial charge is 0.307 e. The standard InChI is InChI=1S/C22H21FN2O3S2/c1-3-22(2)15-11-8-12(16(15)29-18-17(22)30-21(28)24-18)14-13(11)19(26)25(20(14)27)10-6-4-9(23)5-7-10/h4-7,11-16H,3,8H2,1-2H3,(H,24,28)/t11-,12-,13-,14-,15-,16-,22-/m0/s1. The molecule has 2 aliphatic heterocycles. The van der Waals surface area contributed by atoms with Crippen molar-refractivity contribution >= 4 is 40.6 Å². The van der Waals surface area contributed by atoms with E-state index >= 15 is 0 Å². The number of benzene rings is 1. The van der Waals surface area contributed by atoms with E-state index in [1.807, 2.05) is 0 Å². The molecule has 5 nitrogen and oxygen atoms in total. The van der Waals surface area contributed by atoms with Gasteiger partial charge >= 0.3 is 4.87 Å². The average molecular weight is 445 g/mol. The second kappa shape index (κ2) is 6.07. The zero-order chi connectivity index (χ0) is 20.9. The number of imide groups is 1. The Hall–Kier alpha value is -1.93. The molecule has 0 radical (unpaired) electrons. The van der Waals surface area contributed by atoms with Crippen LogP contribution in [-0.4, -0.2) is 22.0 Å². The number of rotatable bonds is 2. The second-order valence-corrected chi connectivity index (χ2v) is 11.3. The molecule has 1 saturated heterocycles. The van der Waals surface area contributed by atoms with E-state index in [-0.39, 0.29) is 62.8 Å². The number of thiazole rings is 1. The Morgan fingerprint density at radius 2 is 1.80 bits per heavy atom. The molecular formula is C22H21FN2O3S2. The van der Waals surface area contributed by atoms with Crippen LogP contribution in [0.25, 0.3) is 0 Å². The van der Waals surface area contributed by atoms with E-state index in [0.717, 1.165) is 22.7 Å². The van der Waals surface area contributed by atoms with Crippen molar-refractivity contribution in [1.82, 2.24) is 4.98 Å². The molecular weight excluding hydrogens is 423 g/mol. The van der Waals surface area contributed by atoms with E-state index < -0.39 is 0 Å². The highest BCUT2D eigenvalue weighted by Crippen LogP contribution is 2.69. The second-order valence-electron chi connectivity index (χ2n) is 9.16. The number of hydrogen-bond acceptors (Lipinski definition) is 5. The summed E-state index contributed by atoms with van der Waals surface area (Å²) in [5, 5.41) is 1.18. The monoisotopic (exact) mass is 444 g/mol. The summed E-state index contributed by atoms with van der Waals surface area (Å²) in [6.45, 7) is 4.37. The number of anilines is 1. The maximum Gasteiger partial charge on any atom is 0.305 e. The van der Waals surface area contributed by atoms with Gasteiger partial charge in [-0.05, 0) is 54.9 Å². The molecule has 3 heterocycles. The molecule has 156 valence electrons. The normalized spacial score (nSPS) is 38.7. The van der Waals surface area contributed by atoms with E-state index in [1.54, 1.807) is 11.8 Å². The molecule has 2 amide bonds. The van der Waals surface area contributed by atoms with Crippen LogP contribution in [0.5, 0.6) is 0 Å². The fourth-order valence-corrected chi connectivity index (χ4v) is 9.93. The molecule has 1 N–H and O–H groups in total. The summed E-state index contributed by atoms with van der Waals surface area (Å²) in [5.41, 5.74) is 0.282. The lowest BCUT2D eigenvalue weighted by molar-refractivity contribution is -0.123. The van der Waals surface area contributed by atoms with E-state index in [0.29, 0.717) is 5.69 Å². The average Bonchev–Trinajstić information content (AvgIpc) is 3.44. The summed E-state index contributed by atoms with van der Waals surface area (Å²) in [6, 6.07) is 5.59. The minimum absolute atomic E-state index is 0.0330. The molecule has 4 aliphatic rings. The third-order valence-corrected chi connectivity index (χ3v) is 10.8. The zero-order valence-electron chi connectivity index (χ0n) is 16.6. The fraction of sp³-hybridized carbons (Fsp3) is 0.500. The van der Waals surface area contributed by atoms with Crippen LogP contribution in [0.1, 0.15) is 31.6 Å². The Balaban J connectivity index is 1.43.